The zero-order valence-corrected chi connectivity index (χ0v) is 18.6. The summed E-state index contributed by atoms with van der Waals surface area (Å²) >= 11 is 0. The van der Waals surface area contributed by atoms with Crippen LogP contribution in [0.25, 0.3) is 0 Å². The lowest BCUT2D eigenvalue weighted by Gasteiger charge is -2.35. The summed E-state index contributed by atoms with van der Waals surface area (Å²) in [7, 11) is 0. The fourth-order valence-corrected chi connectivity index (χ4v) is 3.72. The van der Waals surface area contributed by atoms with Crippen molar-refractivity contribution >= 4 is 17.9 Å². The third kappa shape index (κ3) is 6.18. The van der Waals surface area contributed by atoms with Crippen LogP contribution in [-0.2, 0) is 28.6 Å². The Labute approximate surface area is 178 Å². The first kappa shape index (κ1) is 23.6. The molecule has 0 spiro atoms. The van der Waals surface area contributed by atoms with Crippen molar-refractivity contribution in [2.75, 3.05) is 0 Å². The van der Waals surface area contributed by atoms with E-state index in [1.54, 1.807) is 6.92 Å². The Morgan fingerprint density at radius 1 is 1.13 bits per heavy atom. The molecule has 1 heterocycles. The van der Waals surface area contributed by atoms with Crippen molar-refractivity contribution in [1.82, 2.24) is 0 Å². The van der Waals surface area contributed by atoms with Gasteiger partial charge in [-0.15, -0.1) is 0 Å². The molecule has 0 aromatic rings. The lowest BCUT2D eigenvalue weighted by Crippen LogP contribution is -2.45. The van der Waals surface area contributed by atoms with Crippen molar-refractivity contribution in [3.05, 3.63) is 47.1 Å². The number of fused-ring (bicyclic) bond motifs is 2. The van der Waals surface area contributed by atoms with Crippen LogP contribution in [0.5, 0.6) is 0 Å². The second kappa shape index (κ2) is 9.92. The summed E-state index contributed by atoms with van der Waals surface area (Å²) in [6.45, 7) is 12.4. The summed E-state index contributed by atoms with van der Waals surface area (Å²) in [5, 5.41) is 0. The lowest BCUT2D eigenvalue weighted by atomic mass is 9.88. The van der Waals surface area contributed by atoms with E-state index in [0.29, 0.717) is 37.7 Å². The molecule has 3 atom stereocenters. The van der Waals surface area contributed by atoms with Crippen molar-refractivity contribution < 1.29 is 28.6 Å². The molecule has 0 unspecified atom stereocenters. The van der Waals surface area contributed by atoms with E-state index in [9.17, 15) is 14.4 Å². The second-order valence-corrected chi connectivity index (χ2v) is 8.29. The highest BCUT2D eigenvalue weighted by molar-refractivity contribution is 5.93. The van der Waals surface area contributed by atoms with E-state index < -0.39 is 29.7 Å². The summed E-state index contributed by atoms with van der Waals surface area (Å²) < 4.78 is 16.9. The first-order chi connectivity index (χ1) is 14.0. The number of allylic oxidation sites excluding steroid dienone is 3. The minimum atomic E-state index is -1.01. The number of hydrogen-bond acceptors (Lipinski definition) is 6. The minimum Gasteiger partial charge on any atom is -0.458 e. The highest BCUT2D eigenvalue weighted by Crippen LogP contribution is 2.35. The normalized spacial score (nSPS) is 31.7. The molecular formula is C24H32O6. The average molecular weight is 417 g/mol. The Hall–Kier alpha value is -2.63. The van der Waals surface area contributed by atoms with Crippen LogP contribution in [0.2, 0.25) is 0 Å². The van der Waals surface area contributed by atoms with Crippen LogP contribution < -0.4 is 0 Å². The van der Waals surface area contributed by atoms with Gasteiger partial charge in [0.2, 0.25) is 0 Å². The largest absolute Gasteiger partial charge is 0.458 e. The number of hydrogen-bond donors (Lipinski definition) is 0. The van der Waals surface area contributed by atoms with Gasteiger partial charge in [0.25, 0.3) is 0 Å². The molecule has 2 rings (SSSR count). The fraction of sp³-hybridized carbons (Fsp3) is 0.542. The highest BCUT2D eigenvalue weighted by atomic mass is 16.6. The molecule has 0 saturated heterocycles. The van der Waals surface area contributed by atoms with E-state index in [-0.39, 0.29) is 11.5 Å². The maximum absolute atomic E-state index is 12.8. The van der Waals surface area contributed by atoms with Gasteiger partial charge in [-0.3, -0.25) is 9.59 Å². The Morgan fingerprint density at radius 3 is 2.43 bits per heavy atom. The van der Waals surface area contributed by atoms with Crippen LogP contribution in [0.4, 0.5) is 0 Å². The van der Waals surface area contributed by atoms with E-state index in [1.165, 1.54) is 13.8 Å². The van der Waals surface area contributed by atoms with Gasteiger partial charge in [-0.05, 0) is 51.2 Å². The van der Waals surface area contributed by atoms with E-state index in [1.807, 2.05) is 26.0 Å². The molecule has 2 aliphatic rings. The van der Waals surface area contributed by atoms with Crippen molar-refractivity contribution in [3.63, 3.8) is 0 Å². The van der Waals surface area contributed by atoms with Crippen molar-refractivity contribution in [1.29, 1.82) is 0 Å². The maximum Gasteiger partial charge on any atom is 0.338 e. The summed E-state index contributed by atoms with van der Waals surface area (Å²) in [6.07, 6.45) is 7.55. The monoisotopic (exact) mass is 416 g/mol. The molecular weight excluding hydrogens is 384 g/mol. The van der Waals surface area contributed by atoms with E-state index in [2.05, 4.69) is 12.7 Å². The molecule has 1 aliphatic heterocycles. The SMILES string of the molecule is C=C1C(=O)O[C@@]2(C)CC=C1C[C@@H](OC(C)=O)/C(C)=C/C/C=C(\C)CC[C@@H]2OC(C)=O. The van der Waals surface area contributed by atoms with E-state index >= 15 is 0 Å². The molecule has 0 amide bonds. The smallest absolute Gasteiger partial charge is 0.338 e. The predicted molar refractivity (Wildman–Crippen MR) is 113 cm³/mol. The zero-order valence-electron chi connectivity index (χ0n) is 18.6. The molecule has 2 bridgehead atoms. The second-order valence-electron chi connectivity index (χ2n) is 8.29. The Kier molecular flexibility index (Phi) is 7.82. The highest BCUT2D eigenvalue weighted by Gasteiger charge is 2.42. The molecule has 6 nitrogen and oxygen atoms in total. The number of rotatable bonds is 2. The van der Waals surface area contributed by atoms with Gasteiger partial charge in [0.1, 0.15) is 17.8 Å². The number of esters is 3. The van der Waals surface area contributed by atoms with Gasteiger partial charge >= 0.3 is 17.9 Å². The molecule has 30 heavy (non-hydrogen) atoms. The quantitative estimate of drug-likeness (QED) is 0.285. The molecule has 0 aromatic heterocycles. The van der Waals surface area contributed by atoms with Crippen molar-refractivity contribution in [2.45, 2.75) is 84.5 Å². The van der Waals surface area contributed by atoms with Gasteiger partial charge in [0.15, 0.2) is 0 Å². The third-order valence-corrected chi connectivity index (χ3v) is 5.63. The Morgan fingerprint density at radius 2 is 1.80 bits per heavy atom. The Bertz CT molecular complexity index is 816. The van der Waals surface area contributed by atoms with Crippen LogP contribution >= 0.6 is 0 Å². The first-order valence-corrected chi connectivity index (χ1v) is 10.3. The predicted octanol–water partition coefficient (Wildman–Crippen LogP) is 4.50. The topological polar surface area (TPSA) is 78.9 Å². The molecule has 0 radical (unpaired) electrons. The molecule has 6 heteroatoms. The minimum absolute atomic E-state index is 0.231. The van der Waals surface area contributed by atoms with Crippen LogP contribution in [0, 0.1) is 0 Å². The van der Waals surface area contributed by atoms with Gasteiger partial charge in [0.05, 0.1) is 5.57 Å². The summed E-state index contributed by atoms with van der Waals surface area (Å²) in [4.78, 5) is 36.2. The molecule has 0 N–H and O–H groups in total. The maximum atomic E-state index is 12.8. The molecule has 0 fully saturated rings. The van der Waals surface area contributed by atoms with Gasteiger partial charge in [0, 0.05) is 26.7 Å². The van der Waals surface area contributed by atoms with Gasteiger partial charge in [-0.2, -0.15) is 0 Å². The van der Waals surface area contributed by atoms with Gasteiger partial charge < -0.3 is 14.2 Å². The van der Waals surface area contributed by atoms with Crippen LogP contribution in [0.15, 0.2) is 47.1 Å². The molecule has 164 valence electrons. The van der Waals surface area contributed by atoms with Crippen molar-refractivity contribution in [2.24, 2.45) is 0 Å². The van der Waals surface area contributed by atoms with Crippen molar-refractivity contribution in [3.8, 4) is 0 Å². The summed E-state index contributed by atoms with van der Waals surface area (Å²) in [6, 6.07) is 0. The van der Waals surface area contributed by atoms with Crippen LogP contribution in [-0.4, -0.2) is 35.7 Å². The van der Waals surface area contributed by atoms with Crippen LogP contribution in [0.3, 0.4) is 0 Å². The standard InChI is InChI=1S/C24H32O6/c1-15-8-7-9-16(2)21(28-18(4)25)14-20-12-13-24(6,30-23(27)17(20)3)22(11-10-15)29-19(5)26/h8-9,12,21-22H,3,7,10-11,13-14H2,1-2,4-6H3/b15-8+,16-9+/t21-,22+,24+/m1/s1. The van der Waals surface area contributed by atoms with Crippen LogP contribution in [0.1, 0.15) is 66.7 Å². The van der Waals surface area contributed by atoms with E-state index in [4.69, 9.17) is 14.2 Å². The number of ether oxygens (including phenoxy) is 3. The molecule has 1 aliphatic carbocycles. The molecule has 0 saturated carbocycles. The third-order valence-electron chi connectivity index (χ3n) is 5.63. The number of carbonyl (C=O) groups is 3. The summed E-state index contributed by atoms with van der Waals surface area (Å²) in [5.41, 5.74) is 1.95. The Balaban J connectivity index is 2.51. The average Bonchev–Trinajstić information content (AvgIpc) is 2.75. The van der Waals surface area contributed by atoms with Gasteiger partial charge in [-0.1, -0.05) is 30.4 Å². The van der Waals surface area contributed by atoms with E-state index in [0.717, 1.165) is 11.1 Å². The summed E-state index contributed by atoms with van der Waals surface area (Å²) in [5.74, 6) is -1.35. The zero-order chi connectivity index (χ0) is 22.5. The molecule has 0 aromatic carbocycles. The lowest BCUT2D eigenvalue weighted by molar-refractivity contribution is -0.179. The fourth-order valence-electron chi connectivity index (χ4n) is 3.72. The first-order valence-electron chi connectivity index (χ1n) is 10.3. The number of carbonyl (C=O) groups excluding carboxylic acids is 3. The van der Waals surface area contributed by atoms with Gasteiger partial charge in [-0.25, -0.2) is 4.79 Å².